The highest BCUT2D eigenvalue weighted by atomic mass is 35.5. The first-order valence-corrected chi connectivity index (χ1v) is 6.45. The second-order valence-electron chi connectivity index (χ2n) is 4.12. The lowest BCUT2D eigenvalue weighted by molar-refractivity contribution is -0.118. The van der Waals surface area contributed by atoms with Crippen molar-refractivity contribution in [2.45, 2.75) is 0 Å². The lowest BCUT2D eigenvalue weighted by atomic mass is 10.2. The molecule has 0 spiro atoms. The average Bonchev–Trinajstić information content (AvgIpc) is 2.46. The third-order valence-electron chi connectivity index (χ3n) is 2.61. The van der Waals surface area contributed by atoms with E-state index in [4.69, 9.17) is 21.4 Å². The van der Waals surface area contributed by atoms with Crippen LogP contribution in [0.1, 0.15) is 10.4 Å². The Bertz CT molecular complexity index is 658. The van der Waals surface area contributed by atoms with Crippen molar-refractivity contribution in [1.82, 2.24) is 0 Å². The quantitative estimate of drug-likeness (QED) is 0.890. The number of halogens is 1. The van der Waals surface area contributed by atoms with E-state index >= 15 is 0 Å². The van der Waals surface area contributed by atoms with Crippen LogP contribution < -0.4 is 10.1 Å². The van der Waals surface area contributed by atoms with Gasteiger partial charge in [0.25, 0.3) is 5.91 Å². The van der Waals surface area contributed by atoms with Gasteiger partial charge in [0.15, 0.2) is 6.61 Å². The Kier molecular flexibility index (Phi) is 4.79. The standard InChI is InChI=1S/C15H12ClNO4/c16-11-7-4-8-12(14(11)15(19)20)17-13(18)9-21-10-5-2-1-3-6-10/h1-8H,9H2,(H,17,18)(H,19,20). The van der Waals surface area contributed by atoms with Gasteiger partial charge in [-0.2, -0.15) is 0 Å². The zero-order valence-corrected chi connectivity index (χ0v) is 11.6. The van der Waals surface area contributed by atoms with Crippen LogP contribution in [0.2, 0.25) is 5.02 Å². The zero-order chi connectivity index (χ0) is 15.2. The number of carbonyl (C=O) groups is 2. The number of carbonyl (C=O) groups excluding carboxylic acids is 1. The van der Waals surface area contributed by atoms with Gasteiger partial charge >= 0.3 is 5.97 Å². The van der Waals surface area contributed by atoms with Gasteiger partial charge in [0, 0.05) is 0 Å². The molecule has 0 heterocycles. The first kappa shape index (κ1) is 14.9. The number of anilines is 1. The van der Waals surface area contributed by atoms with Crippen LogP contribution in [-0.4, -0.2) is 23.6 Å². The molecule has 5 nitrogen and oxygen atoms in total. The van der Waals surface area contributed by atoms with Gasteiger partial charge in [0.1, 0.15) is 11.3 Å². The molecule has 0 saturated heterocycles. The molecule has 0 aliphatic carbocycles. The summed E-state index contributed by atoms with van der Waals surface area (Å²) in [5.74, 6) is -1.12. The molecule has 2 aromatic carbocycles. The number of hydrogen-bond donors (Lipinski definition) is 2. The lowest BCUT2D eigenvalue weighted by Gasteiger charge is -2.10. The fourth-order valence-corrected chi connectivity index (χ4v) is 1.95. The summed E-state index contributed by atoms with van der Waals surface area (Å²) in [6.45, 7) is -0.227. The van der Waals surface area contributed by atoms with E-state index in [0.29, 0.717) is 5.75 Å². The Morgan fingerprint density at radius 3 is 2.48 bits per heavy atom. The number of carboxylic acid groups (broad SMARTS) is 1. The SMILES string of the molecule is O=C(COc1ccccc1)Nc1cccc(Cl)c1C(=O)O. The molecule has 1 amide bonds. The topological polar surface area (TPSA) is 75.6 Å². The van der Waals surface area contributed by atoms with Gasteiger partial charge in [-0.25, -0.2) is 4.79 Å². The molecule has 6 heteroatoms. The number of carboxylic acids is 1. The first-order valence-electron chi connectivity index (χ1n) is 6.07. The summed E-state index contributed by atoms with van der Waals surface area (Å²) < 4.78 is 5.28. The monoisotopic (exact) mass is 305 g/mol. The van der Waals surface area contributed by atoms with Gasteiger partial charge in [0.05, 0.1) is 10.7 Å². The maximum Gasteiger partial charge on any atom is 0.339 e. The van der Waals surface area contributed by atoms with Gasteiger partial charge in [-0.1, -0.05) is 35.9 Å². The van der Waals surface area contributed by atoms with Gasteiger partial charge < -0.3 is 15.2 Å². The molecule has 2 aromatic rings. The van der Waals surface area contributed by atoms with Crippen molar-refractivity contribution in [1.29, 1.82) is 0 Å². The number of rotatable bonds is 5. The maximum absolute atomic E-state index is 11.8. The van der Waals surface area contributed by atoms with Crippen LogP contribution in [-0.2, 0) is 4.79 Å². The van der Waals surface area contributed by atoms with Crippen LogP contribution in [0.4, 0.5) is 5.69 Å². The molecule has 0 atom stereocenters. The third-order valence-corrected chi connectivity index (χ3v) is 2.93. The number of amides is 1. The molecule has 0 aliphatic heterocycles. The van der Waals surface area contributed by atoms with Crippen molar-refractivity contribution in [2.75, 3.05) is 11.9 Å². The van der Waals surface area contributed by atoms with E-state index in [-0.39, 0.29) is 22.9 Å². The normalized spacial score (nSPS) is 9.95. The summed E-state index contributed by atoms with van der Waals surface area (Å²) >= 11 is 5.82. The fourth-order valence-electron chi connectivity index (χ4n) is 1.70. The van der Waals surface area contributed by atoms with E-state index in [1.165, 1.54) is 12.1 Å². The molecule has 0 unspecified atom stereocenters. The Hall–Kier alpha value is -2.53. The molecule has 0 aromatic heterocycles. The van der Waals surface area contributed by atoms with E-state index in [9.17, 15) is 9.59 Å². The molecule has 0 bridgehead atoms. The number of nitrogens with one attached hydrogen (secondary N) is 1. The molecular weight excluding hydrogens is 294 g/mol. The van der Waals surface area contributed by atoms with E-state index in [2.05, 4.69) is 5.32 Å². The molecule has 21 heavy (non-hydrogen) atoms. The molecule has 2 N–H and O–H groups in total. The fraction of sp³-hybridized carbons (Fsp3) is 0.0667. The van der Waals surface area contributed by atoms with Crippen molar-refractivity contribution in [3.63, 3.8) is 0 Å². The minimum atomic E-state index is -1.21. The van der Waals surface area contributed by atoms with Gasteiger partial charge in [-0.15, -0.1) is 0 Å². The third kappa shape index (κ3) is 3.97. The number of aromatic carboxylic acids is 1. The van der Waals surface area contributed by atoms with Crippen LogP contribution in [0.25, 0.3) is 0 Å². The maximum atomic E-state index is 11.8. The van der Waals surface area contributed by atoms with Crippen molar-refractivity contribution >= 4 is 29.2 Å². The molecule has 0 saturated carbocycles. The van der Waals surface area contributed by atoms with Gasteiger partial charge in [-0.05, 0) is 24.3 Å². The van der Waals surface area contributed by atoms with Crippen LogP contribution in [0.5, 0.6) is 5.75 Å². The largest absolute Gasteiger partial charge is 0.484 e. The predicted octanol–water partition coefficient (Wildman–Crippen LogP) is 3.06. The second kappa shape index (κ2) is 6.76. The first-order chi connectivity index (χ1) is 10.1. The lowest BCUT2D eigenvalue weighted by Crippen LogP contribution is -2.21. The summed E-state index contributed by atoms with van der Waals surface area (Å²) in [6, 6.07) is 13.3. The molecular formula is C15H12ClNO4. The van der Waals surface area contributed by atoms with E-state index in [1.807, 2.05) is 6.07 Å². The number of benzene rings is 2. The summed E-state index contributed by atoms with van der Waals surface area (Å²) in [5.41, 5.74) is -0.0103. The summed E-state index contributed by atoms with van der Waals surface area (Å²) in [4.78, 5) is 22.9. The van der Waals surface area contributed by atoms with Crippen LogP contribution in [0.3, 0.4) is 0 Å². The second-order valence-corrected chi connectivity index (χ2v) is 4.52. The van der Waals surface area contributed by atoms with Gasteiger partial charge in [0.2, 0.25) is 0 Å². The highest BCUT2D eigenvalue weighted by Crippen LogP contribution is 2.24. The minimum Gasteiger partial charge on any atom is -0.484 e. The molecule has 2 rings (SSSR count). The van der Waals surface area contributed by atoms with Crippen LogP contribution in [0.15, 0.2) is 48.5 Å². The smallest absolute Gasteiger partial charge is 0.339 e. The minimum absolute atomic E-state index is 0.0595. The summed E-state index contributed by atoms with van der Waals surface area (Å²) in [6.07, 6.45) is 0. The van der Waals surface area contributed by atoms with Crippen molar-refractivity contribution in [3.8, 4) is 5.75 Å². The van der Waals surface area contributed by atoms with E-state index in [1.54, 1.807) is 30.3 Å². The molecule has 0 fully saturated rings. The Labute approximate surface area is 126 Å². The Morgan fingerprint density at radius 1 is 1.10 bits per heavy atom. The number of hydrogen-bond acceptors (Lipinski definition) is 3. The summed E-state index contributed by atoms with van der Waals surface area (Å²) in [5, 5.41) is 11.6. The predicted molar refractivity (Wildman–Crippen MR) is 79.0 cm³/mol. The molecule has 108 valence electrons. The van der Waals surface area contributed by atoms with E-state index in [0.717, 1.165) is 0 Å². The average molecular weight is 306 g/mol. The van der Waals surface area contributed by atoms with Crippen LogP contribution in [0, 0.1) is 0 Å². The molecule has 0 radical (unpaired) electrons. The Morgan fingerprint density at radius 2 is 1.81 bits per heavy atom. The van der Waals surface area contributed by atoms with Crippen molar-refractivity contribution < 1.29 is 19.4 Å². The van der Waals surface area contributed by atoms with Crippen molar-refractivity contribution in [2.24, 2.45) is 0 Å². The Balaban J connectivity index is 2.03. The highest BCUT2D eigenvalue weighted by Gasteiger charge is 2.16. The van der Waals surface area contributed by atoms with Crippen molar-refractivity contribution in [3.05, 3.63) is 59.1 Å². The molecule has 0 aliphatic rings. The van der Waals surface area contributed by atoms with E-state index < -0.39 is 11.9 Å². The highest BCUT2D eigenvalue weighted by molar-refractivity contribution is 6.34. The number of ether oxygens (including phenoxy) is 1. The van der Waals surface area contributed by atoms with Crippen LogP contribution >= 0.6 is 11.6 Å². The zero-order valence-electron chi connectivity index (χ0n) is 10.9. The van der Waals surface area contributed by atoms with Gasteiger partial charge in [-0.3, -0.25) is 4.79 Å². The summed E-state index contributed by atoms with van der Waals surface area (Å²) in [7, 11) is 0. The number of para-hydroxylation sites is 1.